The normalized spacial score (nSPS) is 16.8. The highest BCUT2D eigenvalue weighted by Gasteiger charge is 2.43. The molecule has 142 valence electrons. The van der Waals surface area contributed by atoms with E-state index in [1.54, 1.807) is 12.1 Å². The maximum atomic E-state index is 13.0. The summed E-state index contributed by atoms with van der Waals surface area (Å²) in [6.45, 7) is 0.188. The van der Waals surface area contributed by atoms with Gasteiger partial charge in [-0.2, -0.15) is 0 Å². The van der Waals surface area contributed by atoms with Crippen molar-refractivity contribution in [3.8, 4) is 0 Å². The third-order valence-electron chi connectivity index (χ3n) is 4.81. The Morgan fingerprint density at radius 2 is 1.93 bits per heavy atom. The second kappa shape index (κ2) is 7.86. The highest BCUT2D eigenvalue weighted by molar-refractivity contribution is 7.10. The van der Waals surface area contributed by atoms with Crippen molar-refractivity contribution in [3.63, 3.8) is 0 Å². The number of benzene rings is 1. The molecule has 0 saturated heterocycles. The molecule has 0 radical (unpaired) electrons. The number of Topliss-reactive ketones (excluding diaryl/α,β-unsaturated/α-hetero) is 1. The van der Waals surface area contributed by atoms with Gasteiger partial charge < -0.3 is 14.4 Å². The number of carbonyl (C=O) groups excluding carboxylic acids is 2. The standard InChI is InChI=1S/C22H19NO4S/c24-17(11-10-15-6-2-1-3-7-15)19-20(18-9-5-13-28-18)23(22(26)21(19)25)14-16-8-4-12-27-16/h1-9,12-13,20,25H,10-11,14H2. The molecule has 1 atom stereocenters. The van der Waals surface area contributed by atoms with Gasteiger partial charge in [-0.3, -0.25) is 9.59 Å². The second-order valence-corrected chi connectivity index (χ2v) is 7.58. The lowest BCUT2D eigenvalue weighted by Gasteiger charge is -2.24. The Morgan fingerprint density at radius 3 is 2.61 bits per heavy atom. The van der Waals surface area contributed by atoms with Crippen LogP contribution >= 0.6 is 11.3 Å². The number of furan rings is 1. The lowest BCUT2D eigenvalue weighted by Crippen LogP contribution is -2.30. The maximum Gasteiger partial charge on any atom is 0.290 e. The summed E-state index contributed by atoms with van der Waals surface area (Å²) in [6, 6.07) is 16.4. The molecule has 0 saturated carbocycles. The lowest BCUT2D eigenvalue weighted by molar-refractivity contribution is -0.130. The first kappa shape index (κ1) is 18.3. The van der Waals surface area contributed by atoms with Crippen molar-refractivity contribution in [2.75, 3.05) is 0 Å². The van der Waals surface area contributed by atoms with Gasteiger partial charge in [0.05, 0.1) is 24.4 Å². The Hall–Kier alpha value is -3.12. The van der Waals surface area contributed by atoms with Gasteiger partial charge in [-0.05, 0) is 35.6 Å². The Labute approximate surface area is 166 Å². The molecule has 0 fully saturated rings. The number of hydrogen-bond acceptors (Lipinski definition) is 5. The molecule has 2 aromatic heterocycles. The third-order valence-corrected chi connectivity index (χ3v) is 5.73. The molecule has 4 rings (SSSR count). The van der Waals surface area contributed by atoms with Crippen LogP contribution < -0.4 is 0 Å². The topological polar surface area (TPSA) is 70.8 Å². The van der Waals surface area contributed by atoms with Gasteiger partial charge >= 0.3 is 0 Å². The number of carbonyl (C=O) groups is 2. The Morgan fingerprint density at radius 1 is 1.11 bits per heavy atom. The Bertz CT molecular complexity index is 991. The fraction of sp³-hybridized carbons (Fsp3) is 0.182. The first-order valence-electron chi connectivity index (χ1n) is 9.02. The van der Waals surface area contributed by atoms with E-state index in [2.05, 4.69) is 0 Å². The summed E-state index contributed by atoms with van der Waals surface area (Å²) in [5, 5.41) is 12.4. The largest absolute Gasteiger partial charge is 0.503 e. The molecule has 3 heterocycles. The van der Waals surface area contributed by atoms with Crippen molar-refractivity contribution in [2.45, 2.75) is 25.4 Å². The molecular weight excluding hydrogens is 374 g/mol. The number of aryl methyl sites for hydroxylation is 1. The van der Waals surface area contributed by atoms with E-state index in [0.717, 1.165) is 10.4 Å². The second-order valence-electron chi connectivity index (χ2n) is 6.60. The van der Waals surface area contributed by atoms with Crippen molar-refractivity contribution in [1.29, 1.82) is 0 Å². The van der Waals surface area contributed by atoms with E-state index in [1.807, 2.05) is 47.8 Å². The van der Waals surface area contributed by atoms with Gasteiger partial charge in [-0.1, -0.05) is 36.4 Å². The van der Waals surface area contributed by atoms with Crippen molar-refractivity contribution in [1.82, 2.24) is 4.90 Å². The van der Waals surface area contributed by atoms with Gasteiger partial charge in [-0.15, -0.1) is 11.3 Å². The minimum Gasteiger partial charge on any atom is -0.503 e. The predicted molar refractivity (Wildman–Crippen MR) is 106 cm³/mol. The SMILES string of the molecule is O=C(CCc1ccccc1)C1=C(O)C(=O)N(Cc2ccco2)C1c1cccs1. The van der Waals surface area contributed by atoms with Gasteiger partial charge in [0.25, 0.3) is 5.91 Å². The van der Waals surface area contributed by atoms with Crippen LogP contribution in [0, 0.1) is 0 Å². The van der Waals surface area contributed by atoms with Crippen LogP contribution in [0.1, 0.15) is 28.7 Å². The molecule has 28 heavy (non-hydrogen) atoms. The van der Waals surface area contributed by atoms with Gasteiger partial charge in [0.15, 0.2) is 11.5 Å². The number of hydrogen-bond donors (Lipinski definition) is 1. The Balaban J connectivity index is 1.61. The molecule has 3 aromatic rings. The zero-order valence-electron chi connectivity index (χ0n) is 15.1. The van der Waals surface area contributed by atoms with E-state index in [1.165, 1.54) is 22.5 Å². The van der Waals surface area contributed by atoms with Gasteiger partial charge in [0.1, 0.15) is 5.76 Å². The molecule has 6 heteroatoms. The van der Waals surface area contributed by atoms with Crippen molar-refractivity contribution in [2.24, 2.45) is 0 Å². The molecule has 1 unspecified atom stereocenters. The smallest absolute Gasteiger partial charge is 0.290 e. The highest BCUT2D eigenvalue weighted by Crippen LogP contribution is 2.41. The molecule has 0 aliphatic carbocycles. The molecule has 1 N–H and O–H groups in total. The Kier molecular flexibility index (Phi) is 5.12. The van der Waals surface area contributed by atoms with E-state index in [-0.39, 0.29) is 24.3 Å². The van der Waals surface area contributed by atoms with E-state index in [4.69, 9.17) is 4.42 Å². The maximum absolute atomic E-state index is 13.0. The summed E-state index contributed by atoms with van der Waals surface area (Å²) < 4.78 is 5.37. The molecule has 1 amide bonds. The molecule has 1 aliphatic rings. The fourth-order valence-corrected chi connectivity index (χ4v) is 4.30. The van der Waals surface area contributed by atoms with E-state index >= 15 is 0 Å². The first-order valence-corrected chi connectivity index (χ1v) is 9.90. The molecule has 1 aliphatic heterocycles. The fourth-order valence-electron chi connectivity index (χ4n) is 3.45. The van der Waals surface area contributed by atoms with Gasteiger partial charge in [0, 0.05) is 11.3 Å². The summed E-state index contributed by atoms with van der Waals surface area (Å²) in [5.74, 6) is -0.614. The van der Waals surface area contributed by atoms with E-state index in [0.29, 0.717) is 12.2 Å². The molecule has 0 spiro atoms. The van der Waals surface area contributed by atoms with Crippen molar-refractivity contribution < 1.29 is 19.1 Å². The zero-order chi connectivity index (χ0) is 19.5. The molecule has 1 aromatic carbocycles. The third kappa shape index (κ3) is 3.51. The predicted octanol–water partition coefficient (Wildman–Crippen LogP) is 4.44. The first-order chi connectivity index (χ1) is 13.6. The summed E-state index contributed by atoms with van der Waals surface area (Å²) in [7, 11) is 0. The van der Waals surface area contributed by atoms with Crippen LogP contribution in [0.3, 0.4) is 0 Å². The number of ketones is 1. The van der Waals surface area contributed by atoms with Crippen LogP contribution in [0.5, 0.6) is 0 Å². The van der Waals surface area contributed by atoms with Crippen molar-refractivity contribution in [3.05, 3.63) is 93.8 Å². The van der Waals surface area contributed by atoms with E-state index in [9.17, 15) is 14.7 Å². The van der Waals surface area contributed by atoms with Crippen LogP contribution in [0.2, 0.25) is 0 Å². The van der Waals surface area contributed by atoms with E-state index < -0.39 is 17.7 Å². The van der Waals surface area contributed by atoms with Gasteiger partial charge in [0.2, 0.25) is 0 Å². The lowest BCUT2D eigenvalue weighted by atomic mass is 9.97. The number of nitrogens with zero attached hydrogens (tertiary/aromatic N) is 1. The van der Waals surface area contributed by atoms with Gasteiger partial charge in [-0.25, -0.2) is 0 Å². The summed E-state index contributed by atoms with van der Waals surface area (Å²) in [6.07, 6.45) is 2.32. The highest BCUT2D eigenvalue weighted by atomic mass is 32.1. The average Bonchev–Trinajstić information content (AvgIpc) is 3.46. The monoisotopic (exact) mass is 393 g/mol. The summed E-state index contributed by atoms with van der Waals surface area (Å²) in [5.41, 5.74) is 1.22. The number of rotatable bonds is 7. The molecular formula is C22H19NO4S. The summed E-state index contributed by atoms with van der Waals surface area (Å²) in [4.78, 5) is 28.1. The molecule has 0 bridgehead atoms. The average molecular weight is 393 g/mol. The van der Waals surface area contributed by atoms with Crippen LogP contribution in [0.4, 0.5) is 0 Å². The van der Waals surface area contributed by atoms with Crippen molar-refractivity contribution >= 4 is 23.0 Å². The number of aliphatic hydroxyl groups is 1. The quantitative estimate of drug-likeness (QED) is 0.644. The van der Waals surface area contributed by atoms with Crippen LogP contribution in [0.25, 0.3) is 0 Å². The minimum atomic E-state index is -0.596. The minimum absolute atomic E-state index is 0.176. The number of aliphatic hydroxyl groups excluding tert-OH is 1. The van der Waals surface area contributed by atoms with Crippen LogP contribution in [0.15, 0.2) is 82.0 Å². The zero-order valence-corrected chi connectivity index (χ0v) is 15.9. The van der Waals surface area contributed by atoms with Crippen LogP contribution in [-0.4, -0.2) is 21.7 Å². The van der Waals surface area contributed by atoms with Crippen LogP contribution in [-0.2, 0) is 22.6 Å². The molecule has 5 nitrogen and oxygen atoms in total. The number of thiophene rings is 1. The summed E-state index contributed by atoms with van der Waals surface area (Å²) >= 11 is 1.45. The number of amides is 1.